The van der Waals surface area contributed by atoms with Crippen LogP contribution in [0.4, 0.5) is 51.1 Å². The highest BCUT2D eigenvalue weighted by Gasteiger charge is 2.44. The number of carbonyl (C=O) groups is 1. The number of rotatable bonds is 7. The molecule has 0 radical (unpaired) electrons. The molecule has 0 N–H and O–H groups in total. The van der Waals surface area contributed by atoms with E-state index in [4.69, 9.17) is 32.7 Å². The Morgan fingerprint density at radius 3 is 1.97 bits per heavy atom. The molecular formula is C21H18Cl2F9N3O4. The number of carbonyl (C=O) groups excluding carboxylic acids is 1. The van der Waals surface area contributed by atoms with Gasteiger partial charge in [-0.1, -0.05) is 23.2 Å². The number of halogens is 11. The minimum absolute atomic E-state index is 0.0293. The monoisotopic (exact) mass is 617 g/mol. The van der Waals surface area contributed by atoms with Gasteiger partial charge >= 0.3 is 24.5 Å². The first kappa shape index (κ1) is 32.5. The number of hydrogen-bond donors (Lipinski definition) is 0. The molecule has 0 aliphatic rings. The molecule has 2 aromatic rings. The summed E-state index contributed by atoms with van der Waals surface area (Å²) in [7, 11) is 0.749. The molecule has 0 aliphatic carbocycles. The van der Waals surface area contributed by atoms with Crippen LogP contribution in [0.3, 0.4) is 0 Å². The molecule has 1 aromatic heterocycles. The second-order valence-corrected chi connectivity index (χ2v) is 8.66. The van der Waals surface area contributed by atoms with Gasteiger partial charge in [0.25, 0.3) is 5.56 Å². The van der Waals surface area contributed by atoms with Crippen LogP contribution >= 0.6 is 23.2 Å². The lowest BCUT2D eigenvalue weighted by atomic mass is 10.1. The fourth-order valence-corrected chi connectivity index (χ4v) is 3.89. The predicted molar refractivity (Wildman–Crippen MR) is 120 cm³/mol. The van der Waals surface area contributed by atoms with E-state index >= 15 is 0 Å². The van der Waals surface area contributed by atoms with Crippen molar-refractivity contribution in [3.63, 3.8) is 0 Å². The molecule has 1 aromatic carbocycles. The Morgan fingerprint density at radius 2 is 1.56 bits per heavy atom. The number of nitrogens with zero attached hydrogens (tertiary/aromatic N) is 3. The first-order chi connectivity index (χ1) is 17.7. The zero-order chi connectivity index (χ0) is 30.2. The van der Waals surface area contributed by atoms with Crippen LogP contribution in [0.15, 0.2) is 16.9 Å². The average Bonchev–Trinajstić information content (AvgIpc) is 2.77. The van der Waals surface area contributed by atoms with E-state index in [0.717, 1.165) is 7.11 Å². The zero-order valence-electron chi connectivity index (χ0n) is 20.1. The van der Waals surface area contributed by atoms with Gasteiger partial charge in [-0.2, -0.15) is 39.5 Å². The van der Waals surface area contributed by atoms with Gasteiger partial charge in [-0.15, -0.1) is 0 Å². The second-order valence-electron chi connectivity index (χ2n) is 7.90. The smallest absolute Gasteiger partial charge is 0.435 e. The Balaban J connectivity index is 3.24. The number of methoxy groups -OCH3 is 1. The summed E-state index contributed by atoms with van der Waals surface area (Å²) >= 11 is 11.5. The van der Waals surface area contributed by atoms with E-state index in [-0.39, 0.29) is 17.0 Å². The normalized spacial score (nSPS) is 13.5. The van der Waals surface area contributed by atoms with Crippen LogP contribution in [0.1, 0.15) is 43.6 Å². The molecule has 39 heavy (non-hydrogen) atoms. The molecular weight excluding hydrogens is 600 g/mol. The van der Waals surface area contributed by atoms with Crippen molar-refractivity contribution in [2.45, 2.75) is 51.6 Å². The molecule has 18 heteroatoms. The van der Waals surface area contributed by atoms with Crippen LogP contribution in [-0.4, -0.2) is 35.5 Å². The fourth-order valence-electron chi connectivity index (χ4n) is 3.34. The van der Waals surface area contributed by atoms with E-state index in [1.807, 2.05) is 0 Å². The molecule has 1 unspecified atom stereocenters. The molecule has 1 heterocycles. The summed E-state index contributed by atoms with van der Waals surface area (Å²) in [5.74, 6) is -2.74. The molecule has 7 nitrogen and oxygen atoms in total. The van der Waals surface area contributed by atoms with E-state index in [2.05, 4.69) is 4.98 Å². The first-order valence-corrected chi connectivity index (χ1v) is 11.3. The number of anilines is 2. The standard InChI is InChI=1S/C21H18Cl2F9N3O4/c1-5-39-17(37)16(38-4)35(11-7-9(19(24,25)26)6-10(12(11)22)20(27,28)29)18-33-14(21(30,31)32)13(23)15(36)34(18)8(2)3/h6-8,16H,5H2,1-4H3. The van der Waals surface area contributed by atoms with Crippen molar-refractivity contribution in [3.8, 4) is 0 Å². The highest BCUT2D eigenvalue weighted by molar-refractivity contribution is 6.34. The number of ether oxygens (including phenoxy) is 2. The number of esters is 1. The van der Waals surface area contributed by atoms with Crippen molar-refractivity contribution in [2.24, 2.45) is 0 Å². The molecule has 0 saturated heterocycles. The summed E-state index contributed by atoms with van der Waals surface area (Å²) in [6, 6.07) is -1.46. The Kier molecular flexibility index (Phi) is 9.51. The van der Waals surface area contributed by atoms with Gasteiger partial charge in [0, 0.05) is 13.2 Å². The first-order valence-electron chi connectivity index (χ1n) is 10.5. The SMILES string of the molecule is CCOC(=O)C(OC)N(c1cc(C(F)(F)F)cc(C(F)(F)F)c1Cl)c1nc(C(F)(F)F)c(Cl)c(=O)n1C(C)C. The molecule has 0 spiro atoms. The van der Waals surface area contributed by atoms with Gasteiger partial charge in [0.05, 0.1) is 28.4 Å². The maximum absolute atomic E-state index is 13.7. The lowest BCUT2D eigenvalue weighted by Crippen LogP contribution is -2.45. The third kappa shape index (κ3) is 6.72. The summed E-state index contributed by atoms with van der Waals surface area (Å²) in [5.41, 5.74) is -8.94. The molecule has 1 atom stereocenters. The average molecular weight is 618 g/mol. The molecule has 0 fully saturated rings. The quantitative estimate of drug-likeness (QED) is 0.192. The predicted octanol–water partition coefficient (Wildman–Crippen LogP) is 6.86. The van der Waals surface area contributed by atoms with Gasteiger partial charge in [-0.05, 0) is 32.9 Å². The van der Waals surface area contributed by atoms with Crippen molar-refractivity contribution in [3.05, 3.63) is 49.4 Å². The van der Waals surface area contributed by atoms with Crippen LogP contribution in [0.5, 0.6) is 0 Å². The molecule has 0 amide bonds. The van der Waals surface area contributed by atoms with Crippen molar-refractivity contribution < 1.29 is 53.8 Å². The van der Waals surface area contributed by atoms with Gasteiger partial charge in [0.1, 0.15) is 5.02 Å². The lowest BCUT2D eigenvalue weighted by Gasteiger charge is -2.34. The van der Waals surface area contributed by atoms with E-state index in [9.17, 15) is 49.1 Å². The summed E-state index contributed by atoms with van der Waals surface area (Å²) < 4.78 is 133. The van der Waals surface area contributed by atoms with Crippen molar-refractivity contribution >= 4 is 40.8 Å². The third-order valence-corrected chi connectivity index (χ3v) is 5.67. The minimum atomic E-state index is -5.51. The van der Waals surface area contributed by atoms with Crippen LogP contribution in [-0.2, 0) is 32.8 Å². The van der Waals surface area contributed by atoms with Gasteiger partial charge in [-0.25, -0.2) is 9.78 Å². The van der Waals surface area contributed by atoms with Crippen LogP contribution in [0, 0.1) is 0 Å². The van der Waals surface area contributed by atoms with Crippen molar-refractivity contribution in [1.29, 1.82) is 0 Å². The van der Waals surface area contributed by atoms with Crippen molar-refractivity contribution in [1.82, 2.24) is 9.55 Å². The Labute approximate surface area is 224 Å². The van der Waals surface area contributed by atoms with Crippen molar-refractivity contribution in [2.75, 3.05) is 18.6 Å². The topological polar surface area (TPSA) is 73.7 Å². The van der Waals surface area contributed by atoms with Crippen LogP contribution < -0.4 is 10.5 Å². The number of benzene rings is 1. The zero-order valence-corrected chi connectivity index (χ0v) is 21.7. The van der Waals surface area contributed by atoms with E-state index < -0.39 is 87.4 Å². The number of alkyl halides is 9. The van der Waals surface area contributed by atoms with Gasteiger partial charge in [0.2, 0.25) is 12.2 Å². The Morgan fingerprint density at radius 1 is 1.00 bits per heavy atom. The van der Waals surface area contributed by atoms with Gasteiger partial charge in [-0.3, -0.25) is 14.3 Å². The minimum Gasteiger partial charge on any atom is -0.463 e. The summed E-state index contributed by atoms with van der Waals surface area (Å²) in [6.07, 6.45) is -18.7. The summed E-state index contributed by atoms with van der Waals surface area (Å²) in [6.45, 7) is 3.32. The van der Waals surface area contributed by atoms with E-state index in [1.54, 1.807) is 0 Å². The Bertz CT molecular complexity index is 1290. The van der Waals surface area contributed by atoms with Gasteiger partial charge in [0.15, 0.2) is 5.69 Å². The van der Waals surface area contributed by atoms with E-state index in [1.165, 1.54) is 20.8 Å². The Hall–Kier alpha value is -2.72. The fraction of sp³-hybridized carbons (Fsp3) is 0.476. The molecule has 0 saturated carbocycles. The van der Waals surface area contributed by atoms with Gasteiger partial charge < -0.3 is 9.47 Å². The van der Waals surface area contributed by atoms with E-state index in [0.29, 0.717) is 4.57 Å². The van der Waals surface area contributed by atoms with Crippen LogP contribution in [0.2, 0.25) is 10.0 Å². The largest absolute Gasteiger partial charge is 0.463 e. The maximum Gasteiger partial charge on any atom is 0.435 e. The second kappa shape index (κ2) is 11.4. The molecule has 0 bridgehead atoms. The molecule has 2 rings (SSSR count). The molecule has 218 valence electrons. The highest BCUT2D eigenvalue weighted by atomic mass is 35.5. The number of hydrogen-bond acceptors (Lipinski definition) is 6. The van der Waals surface area contributed by atoms with Crippen LogP contribution in [0.25, 0.3) is 0 Å². The lowest BCUT2D eigenvalue weighted by molar-refractivity contribution is -0.154. The summed E-state index contributed by atoms with van der Waals surface area (Å²) in [5, 5.41) is -2.92. The summed E-state index contributed by atoms with van der Waals surface area (Å²) in [4.78, 5) is 28.9. The molecule has 0 aliphatic heterocycles. The highest BCUT2D eigenvalue weighted by Crippen LogP contribution is 2.46. The maximum atomic E-state index is 13.7. The number of aromatic nitrogens is 2. The third-order valence-electron chi connectivity index (χ3n) is 4.93.